The predicted molar refractivity (Wildman–Crippen MR) is 68.8 cm³/mol. The van der Waals surface area contributed by atoms with Crippen LogP contribution in [0.3, 0.4) is 0 Å². The zero-order chi connectivity index (χ0) is 12.2. The van der Waals surface area contributed by atoms with Crippen LogP contribution in [0.5, 0.6) is 0 Å². The largest absolute Gasteiger partial charge is 0.376 e. The van der Waals surface area contributed by atoms with E-state index in [1.807, 2.05) is 0 Å². The number of morpholine rings is 1. The van der Waals surface area contributed by atoms with Gasteiger partial charge in [-0.2, -0.15) is 0 Å². The molecule has 3 heteroatoms. The van der Waals surface area contributed by atoms with Crippen LogP contribution in [0.1, 0.15) is 41.0 Å². The van der Waals surface area contributed by atoms with Crippen LogP contribution in [0.2, 0.25) is 0 Å². The second-order valence-corrected chi connectivity index (χ2v) is 5.88. The average Bonchev–Trinajstić information content (AvgIpc) is 2.25. The summed E-state index contributed by atoms with van der Waals surface area (Å²) in [6.45, 7) is 15.3. The standard InChI is InChI=1S/C13H28N2O/c1-6-12-10-15(7-8-16-12)11(2)9-14-13(3,4)5/h11-12,14H,6-10H2,1-5H3. The molecule has 0 aromatic carbocycles. The third-order valence-corrected chi connectivity index (χ3v) is 3.18. The normalized spacial score (nSPS) is 25.7. The lowest BCUT2D eigenvalue weighted by Crippen LogP contribution is -2.51. The van der Waals surface area contributed by atoms with E-state index in [4.69, 9.17) is 4.74 Å². The van der Waals surface area contributed by atoms with Crippen LogP contribution in [-0.4, -0.2) is 48.8 Å². The first-order valence-corrected chi connectivity index (χ1v) is 6.53. The molecular formula is C13H28N2O. The van der Waals surface area contributed by atoms with E-state index >= 15 is 0 Å². The van der Waals surface area contributed by atoms with Crippen molar-refractivity contribution in [2.24, 2.45) is 0 Å². The van der Waals surface area contributed by atoms with E-state index in [0.717, 1.165) is 32.7 Å². The topological polar surface area (TPSA) is 24.5 Å². The van der Waals surface area contributed by atoms with Crippen LogP contribution in [0.25, 0.3) is 0 Å². The van der Waals surface area contributed by atoms with Gasteiger partial charge in [0.25, 0.3) is 0 Å². The SMILES string of the molecule is CCC1CN(C(C)CNC(C)(C)C)CCO1. The maximum Gasteiger partial charge on any atom is 0.0700 e. The summed E-state index contributed by atoms with van der Waals surface area (Å²) in [5.74, 6) is 0. The second-order valence-electron chi connectivity index (χ2n) is 5.88. The van der Waals surface area contributed by atoms with E-state index in [-0.39, 0.29) is 5.54 Å². The molecule has 1 rings (SSSR count). The van der Waals surface area contributed by atoms with Crippen LogP contribution in [0.4, 0.5) is 0 Å². The molecule has 2 unspecified atom stereocenters. The molecule has 1 aliphatic heterocycles. The number of ether oxygens (including phenoxy) is 1. The first-order valence-electron chi connectivity index (χ1n) is 6.53. The van der Waals surface area contributed by atoms with E-state index in [1.165, 1.54) is 0 Å². The molecule has 0 saturated carbocycles. The average molecular weight is 228 g/mol. The molecule has 0 aromatic rings. The van der Waals surface area contributed by atoms with Crippen LogP contribution in [0, 0.1) is 0 Å². The van der Waals surface area contributed by atoms with E-state index in [9.17, 15) is 0 Å². The Labute approximate surface area is 101 Å². The van der Waals surface area contributed by atoms with Gasteiger partial charge in [-0.25, -0.2) is 0 Å². The van der Waals surface area contributed by atoms with Gasteiger partial charge >= 0.3 is 0 Å². The van der Waals surface area contributed by atoms with Crippen molar-refractivity contribution < 1.29 is 4.74 Å². The molecule has 0 bridgehead atoms. The van der Waals surface area contributed by atoms with Gasteiger partial charge in [0.2, 0.25) is 0 Å². The minimum absolute atomic E-state index is 0.213. The maximum atomic E-state index is 5.69. The summed E-state index contributed by atoms with van der Waals surface area (Å²) in [6, 6.07) is 0.595. The highest BCUT2D eigenvalue weighted by molar-refractivity contribution is 4.79. The molecule has 1 saturated heterocycles. The molecule has 1 fully saturated rings. The summed E-state index contributed by atoms with van der Waals surface area (Å²) >= 11 is 0. The van der Waals surface area contributed by atoms with Crippen molar-refractivity contribution in [3.63, 3.8) is 0 Å². The smallest absolute Gasteiger partial charge is 0.0700 e. The summed E-state index contributed by atoms with van der Waals surface area (Å²) in [7, 11) is 0. The molecule has 1 aliphatic rings. The molecule has 0 aliphatic carbocycles. The number of hydrogen-bond donors (Lipinski definition) is 1. The molecule has 3 nitrogen and oxygen atoms in total. The van der Waals surface area contributed by atoms with Crippen LogP contribution < -0.4 is 5.32 Å². The van der Waals surface area contributed by atoms with Crippen molar-refractivity contribution >= 4 is 0 Å². The highest BCUT2D eigenvalue weighted by Crippen LogP contribution is 2.11. The van der Waals surface area contributed by atoms with Gasteiger partial charge in [-0.1, -0.05) is 6.92 Å². The highest BCUT2D eigenvalue weighted by atomic mass is 16.5. The Morgan fingerprint density at radius 3 is 2.69 bits per heavy atom. The lowest BCUT2D eigenvalue weighted by molar-refractivity contribution is -0.0422. The van der Waals surface area contributed by atoms with E-state index in [0.29, 0.717) is 12.1 Å². The van der Waals surface area contributed by atoms with Crippen molar-refractivity contribution in [1.82, 2.24) is 10.2 Å². The van der Waals surface area contributed by atoms with Crippen molar-refractivity contribution in [1.29, 1.82) is 0 Å². The molecule has 1 N–H and O–H groups in total. The third kappa shape index (κ3) is 4.81. The van der Waals surface area contributed by atoms with Gasteiger partial charge in [0.15, 0.2) is 0 Å². The molecule has 16 heavy (non-hydrogen) atoms. The van der Waals surface area contributed by atoms with Crippen molar-refractivity contribution in [2.75, 3.05) is 26.2 Å². The van der Waals surface area contributed by atoms with E-state index < -0.39 is 0 Å². The molecule has 1 heterocycles. The lowest BCUT2D eigenvalue weighted by Gasteiger charge is -2.37. The zero-order valence-corrected chi connectivity index (χ0v) is 11.5. The van der Waals surface area contributed by atoms with Gasteiger partial charge in [0.1, 0.15) is 0 Å². The molecule has 2 atom stereocenters. The fourth-order valence-electron chi connectivity index (χ4n) is 1.97. The monoisotopic (exact) mass is 228 g/mol. The van der Waals surface area contributed by atoms with Crippen molar-refractivity contribution in [3.05, 3.63) is 0 Å². The van der Waals surface area contributed by atoms with Crippen molar-refractivity contribution in [2.45, 2.75) is 58.7 Å². The van der Waals surface area contributed by atoms with E-state index in [1.54, 1.807) is 0 Å². The first kappa shape index (κ1) is 13.9. The molecule has 0 radical (unpaired) electrons. The minimum atomic E-state index is 0.213. The number of nitrogens with zero attached hydrogens (tertiary/aromatic N) is 1. The Balaban J connectivity index is 2.32. The van der Waals surface area contributed by atoms with Gasteiger partial charge < -0.3 is 10.1 Å². The van der Waals surface area contributed by atoms with Crippen LogP contribution in [0.15, 0.2) is 0 Å². The number of nitrogens with one attached hydrogen (secondary N) is 1. The lowest BCUT2D eigenvalue weighted by atomic mass is 10.1. The van der Waals surface area contributed by atoms with E-state index in [2.05, 4.69) is 44.8 Å². The van der Waals surface area contributed by atoms with Crippen LogP contribution in [-0.2, 0) is 4.74 Å². The Kier molecular flexibility index (Phi) is 5.22. The summed E-state index contributed by atoms with van der Waals surface area (Å²) in [5.41, 5.74) is 0.213. The highest BCUT2D eigenvalue weighted by Gasteiger charge is 2.23. The Bertz CT molecular complexity index is 201. The maximum absolute atomic E-state index is 5.69. The van der Waals surface area contributed by atoms with Crippen LogP contribution >= 0.6 is 0 Å². The van der Waals surface area contributed by atoms with Crippen molar-refractivity contribution in [3.8, 4) is 0 Å². The summed E-state index contributed by atoms with van der Waals surface area (Å²) in [5, 5.41) is 3.57. The molecule has 0 aromatic heterocycles. The van der Waals surface area contributed by atoms with Gasteiger partial charge in [0, 0.05) is 31.2 Å². The zero-order valence-electron chi connectivity index (χ0n) is 11.5. The Morgan fingerprint density at radius 1 is 1.44 bits per heavy atom. The fraction of sp³-hybridized carbons (Fsp3) is 1.00. The molecular weight excluding hydrogens is 200 g/mol. The number of rotatable bonds is 4. The van der Waals surface area contributed by atoms with Gasteiger partial charge in [-0.3, -0.25) is 4.90 Å². The second kappa shape index (κ2) is 5.99. The fourth-order valence-corrected chi connectivity index (χ4v) is 1.97. The molecule has 0 amide bonds. The van der Waals surface area contributed by atoms with Gasteiger partial charge in [-0.05, 0) is 34.1 Å². The third-order valence-electron chi connectivity index (χ3n) is 3.18. The summed E-state index contributed by atoms with van der Waals surface area (Å²) < 4.78 is 5.69. The minimum Gasteiger partial charge on any atom is -0.376 e. The molecule has 96 valence electrons. The first-order chi connectivity index (χ1) is 7.42. The Hall–Kier alpha value is -0.120. The summed E-state index contributed by atoms with van der Waals surface area (Å²) in [4.78, 5) is 2.54. The predicted octanol–water partition coefficient (Wildman–Crippen LogP) is 1.87. The van der Waals surface area contributed by atoms with Gasteiger partial charge in [-0.15, -0.1) is 0 Å². The number of hydrogen-bond acceptors (Lipinski definition) is 3. The molecule has 0 spiro atoms. The summed E-state index contributed by atoms with van der Waals surface area (Å²) in [6.07, 6.45) is 1.56. The quantitative estimate of drug-likeness (QED) is 0.795. The van der Waals surface area contributed by atoms with Gasteiger partial charge in [0.05, 0.1) is 12.7 Å². The Morgan fingerprint density at radius 2 is 2.12 bits per heavy atom.